The predicted molar refractivity (Wildman–Crippen MR) is 82.1 cm³/mol. The highest BCUT2D eigenvalue weighted by Crippen LogP contribution is 2.34. The second kappa shape index (κ2) is 5.51. The molecule has 0 spiro atoms. The maximum Gasteiger partial charge on any atom is 0.339 e. The van der Waals surface area contributed by atoms with Crippen molar-refractivity contribution in [1.82, 2.24) is 0 Å². The summed E-state index contributed by atoms with van der Waals surface area (Å²) in [5, 5.41) is 9.48. The molecule has 0 unspecified atom stereocenters. The smallest absolute Gasteiger partial charge is 0.339 e. The Morgan fingerprint density at radius 3 is 1.86 bits per heavy atom. The van der Waals surface area contributed by atoms with Crippen molar-refractivity contribution in [2.45, 2.75) is 52.4 Å². The highest BCUT2D eigenvalue weighted by molar-refractivity contribution is 6.04. The fraction of sp³-hybridized carbons (Fsp3) is 0.529. The van der Waals surface area contributed by atoms with E-state index in [9.17, 15) is 14.7 Å². The maximum absolute atomic E-state index is 12.1. The number of esters is 1. The number of carboxylic acids is 1. The van der Waals surface area contributed by atoms with E-state index >= 15 is 0 Å². The minimum Gasteiger partial charge on any atom is -0.478 e. The van der Waals surface area contributed by atoms with E-state index in [-0.39, 0.29) is 22.0 Å². The lowest BCUT2D eigenvalue weighted by atomic mass is 9.76. The quantitative estimate of drug-likeness (QED) is 0.843. The van der Waals surface area contributed by atoms with Gasteiger partial charge in [-0.2, -0.15) is 0 Å². The van der Waals surface area contributed by atoms with Gasteiger partial charge in [-0.3, -0.25) is 0 Å². The average Bonchev–Trinajstić information content (AvgIpc) is 2.33. The predicted octanol–water partition coefficient (Wildman–Crippen LogP) is 3.77. The molecule has 4 nitrogen and oxygen atoms in total. The van der Waals surface area contributed by atoms with Gasteiger partial charge in [-0.25, -0.2) is 9.59 Å². The van der Waals surface area contributed by atoms with Crippen LogP contribution in [0.2, 0.25) is 0 Å². The number of methoxy groups -OCH3 is 1. The van der Waals surface area contributed by atoms with Crippen molar-refractivity contribution in [1.29, 1.82) is 0 Å². The largest absolute Gasteiger partial charge is 0.478 e. The number of carbonyl (C=O) groups excluding carboxylic acids is 1. The zero-order valence-electron chi connectivity index (χ0n) is 13.8. The van der Waals surface area contributed by atoms with Gasteiger partial charge in [0.15, 0.2) is 0 Å². The van der Waals surface area contributed by atoms with Gasteiger partial charge in [0.25, 0.3) is 0 Å². The van der Waals surface area contributed by atoms with E-state index in [1.807, 2.05) is 47.6 Å². The minimum absolute atomic E-state index is 0.000741. The van der Waals surface area contributed by atoms with E-state index in [1.165, 1.54) is 7.11 Å². The van der Waals surface area contributed by atoms with Crippen molar-refractivity contribution in [2.24, 2.45) is 0 Å². The van der Waals surface area contributed by atoms with Gasteiger partial charge >= 0.3 is 11.9 Å². The van der Waals surface area contributed by atoms with Crippen molar-refractivity contribution in [3.63, 3.8) is 0 Å². The summed E-state index contributed by atoms with van der Waals surface area (Å²) < 4.78 is 4.79. The molecule has 0 aliphatic heterocycles. The average molecular weight is 292 g/mol. The highest BCUT2D eigenvalue weighted by Gasteiger charge is 2.30. The number of benzene rings is 1. The first-order valence-electron chi connectivity index (χ1n) is 6.90. The lowest BCUT2D eigenvalue weighted by Gasteiger charge is -2.28. The molecular weight excluding hydrogens is 268 g/mol. The number of hydrogen-bond donors (Lipinski definition) is 1. The molecule has 4 heteroatoms. The summed E-state index contributed by atoms with van der Waals surface area (Å²) in [4.78, 5) is 23.7. The van der Waals surface area contributed by atoms with Gasteiger partial charge in [0.2, 0.25) is 0 Å². The van der Waals surface area contributed by atoms with Crippen molar-refractivity contribution in [3.8, 4) is 0 Å². The first kappa shape index (κ1) is 17.2. The van der Waals surface area contributed by atoms with Gasteiger partial charge in [-0.05, 0) is 28.0 Å². The van der Waals surface area contributed by atoms with E-state index in [4.69, 9.17) is 4.74 Å². The molecular formula is C17H24O4. The molecule has 116 valence electrons. The Hall–Kier alpha value is -1.84. The summed E-state index contributed by atoms with van der Waals surface area (Å²) in [5.74, 6) is -1.73. The molecule has 1 rings (SSSR count). The van der Waals surface area contributed by atoms with E-state index in [0.717, 1.165) is 5.56 Å². The fourth-order valence-electron chi connectivity index (χ4n) is 2.16. The monoisotopic (exact) mass is 292 g/mol. The second-order valence-corrected chi connectivity index (χ2v) is 7.24. The number of rotatable bonds is 2. The third kappa shape index (κ3) is 3.63. The Bertz CT molecular complexity index is 572. The van der Waals surface area contributed by atoms with Gasteiger partial charge < -0.3 is 9.84 Å². The van der Waals surface area contributed by atoms with Crippen molar-refractivity contribution >= 4 is 11.9 Å². The first-order chi connectivity index (χ1) is 9.39. The SMILES string of the molecule is COC(=O)c1c(C(=O)O)cc(C(C)(C)C)cc1C(C)(C)C. The van der Waals surface area contributed by atoms with Crippen LogP contribution in [0.15, 0.2) is 12.1 Å². The van der Waals surface area contributed by atoms with Crippen LogP contribution in [0.4, 0.5) is 0 Å². The zero-order chi connectivity index (χ0) is 16.6. The molecule has 0 aromatic heterocycles. The molecule has 0 radical (unpaired) electrons. The molecule has 21 heavy (non-hydrogen) atoms. The van der Waals surface area contributed by atoms with Gasteiger partial charge in [0, 0.05) is 0 Å². The van der Waals surface area contributed by atoms with Crippen molar-refractivity contribution < 1.29 is 19.4 Å². The molecule has 0 saturated heterocycles. The van der Waals surface area contributed by atoms with E-state index in [0.29, 0.717) is 5.56 Å². The molecule has 1 aromatic rings. The molecule has 0 fully saturated rings. The lowest BCUT2D eigenvalue weighted by Crippen LogP contribution is -2.24. The minimum atomic E-state index is -1.12. The molecule has 1 N–H and O–H groups in total. The van der Waals surface area contributed by atoms with Crippen LogP contribution in [0, 0.1) is 0 Å². The summed E-state index contributed by atoms with van der Waals surface area (Å²) in [5.41, 5.74) is 1.15. The summed E-state index contributed by atoms with van der Waals surface area (Å²) in [6.45, 7) is 11.9. The molecule has 0 saturated carbocycles. The molecule has 0 aliphatic rings. The summed E-state index contributed by atoms with van der Waals surface area (Å²) in [6, 6.07) is 3.49. The van der Waals surface area contributed by atoms with E-state index in [2.05, 4.69) is 0 Å². The van der Waals surface area contributed by atoms with Crippen LogP contribution in [0.3, 0.4) is 0 Å². The van der Waals surface area contributed by atoms with Crippen molar-refractivity contribution in [2.75, 3.05) is 7.11 Å². The Morgan fingerprint density at radius 1 is 1.00 bits per heavy atom. The third-order valence-electron chi connectivity index (χ3n) is 3.43. The van der Waals surface area contributed by atoms with E-state index < -0.39 is 11.9 Å². The summed E-state index contributed by atoms with van der Waals surface area (Å²) in [7, 11) is 1.26. The van der Waals surface area contributed by atoms with Crippen LogP contribution in [0.1, 0.15) is 73.4 Å². The number of carbonyl (C=O) groups is 2. The highest BCUT2D eigenvalue weighted by atomic mass is 16.5. The zero-order valence-corrected chi connectivity index (χ0v) is 13.8. The molecule has 0 bridgehead atoms. The van der Waals surface area contributed by atoms with Crippen LogP contribution < -0.4 is 0 Å². The third-order valence-corrected chi connectivity index (χ3v) is 3.43. The number of aromatic carboxylic acids is 1. The summed E-state index contributed by atoms with van der Waals surface area (Å²) >= 11 is 0. The normalized spacial score (nSPS) is 12.1. The van der Waals surface area contributed by atoms with Crippen LogP contribution in [0.25, 0.3) is 0 Å². The second-order valence-electron chi connectivity index (χ2n) is 7.24. The van der Waals surface area contributed by atoms with Crippen molar-refractivity contribution in [3.05, 3.63) is 34.4 Å². The van der Waals surface area contributed by atoms with Crippen LogP contribution in [-0.4, -0.2) is 24.2 Å². The Balaban J connectivity index is 3.84. The van der Waals surface area contributed by atoms with Gasteiger partial charge in [0.05, 0.1) is 18.2 Å². The number of ether oxygens (including phenoxy) is 1. The Kier molecular flexibility index (Phi) is 4.51. The molecule has 1 aromatic carbocycles. The standard InChI is InChI=1S/C17H24O4/c1-16(2,3)10-8-11(14(18)19)13(15(20)21-7)12(9-10)17(4,5)6/h8-9H,1-7H3,(H,18,19). The topological polar surface area (TPSA) is 63.6 Å². The first-order valence-corrected chi connectivity index (χ1v) is 6.90. The summed E-state index contributed by atoms with van der Waals surface area (Å²) in [6.07, 6.45) is 0. The molecule has 0 heterocycles. The van der Waals surface area contributed by atoms with E-state index in [1.54, 1.807) is 6.07 Å². The van der Waals surface area contributed by atoms with Gasteiger partial charge in [-0.1, -0.05) is 47.6 Å². The van der Waals surface area contributed by atoms with Gasteiger partial charge in [0.1, 0.15) is 0 Å². The van der Waals surface area contributed by atoms with Crippen LogP contribution >= 0.6 is 0 Å². The Labute approximate surface area is 126 Å². The molecule has 0 amide bonds. The maximum atomic E-state index is 12.1. The van der Waals surface area contributed by atoms with Gasteiger partial charge in [-0.15, -0.1) is 0 Å². The molecule has 0 atom stereocenters. The van der Waals surface area contributed by atoms with Crippen LogP contribution in [-0.2, 0) is 15.6 Å². The van der Waals surface area contributed by atoms with Crippen LogP contribution in [0.5, 0.6) is 0 Å². The fourth-order valence-corrected chi connectivity index (χ4v) is 2.16. The number of hydrogen-bond acceptors (Lipinski definition) is 3. The lowest BCUT2D eigenvalue weighted by molar-refractivity contribution is 0.0579. The Morgan fingerprint density at radius 2 is 1.52 bits per heavy atom. The number of carboxylic acid groups (broad SMARTS) is 1. The molecule has 0 aliphatic carbocycles.